The van der Waals surface area contributed by atoms with Gasteiger partial charge in [0.2, 0.25) is 0 Å². The van der Waals surface area contributed by atoms with E-state index in [0.717, 1.165) is 0 Å². The van der Waals surface area contributed by atoms with Gasteiger partial charge in [-0.05, 0) is 48.5 Å². The van der Waals surface area contributed by atoms with E-state index in [4.69, 9.17) is 9.47 Å². The van der Waals surface area contributed by atoms with Gasteiger partial charge in [-0.15, -0.1) is 0 Å². The number of carbonyl (C=O) groups is 4. The number of carbonyl (C=O) groups excluding carboxylic acids is 4. The third-order valence-electron chi connectivity index (χ3n) is 3.40. The van der Waals surface area contributed by atoms with Crippen molar-refractivity contribution in [2.75, 3.05) is 25.6 Å². The lowest BCUT2D eigenvalue weighted by Gasteiger charge is -2.08. The minimum Gasteiger partial charge on any atom is -0.482 e. The molecule has 8 heteroatoms. The third kappa shape index (κ3) is 6.28. The van der Waals surface area contributed by atoms with Crippen molar-refractivity contribution < 1.29 is 28.7 Å². The summed E-state index contributed by atoms with van der Waals surface area (Å²) in [5, 5.41) is 5.04. The second-order valence-corrected chi connectivity index (χ2v) is 5.34. The summed E-state index contributed by atoms with van der Waals surface area (Å²) < 4.78 is 10.0. The standard InChI is InChI=1S/C19H18N2O6/c1-20-19(25)14-4-6-15(7-5-14)21-17(23)11-27-18(24)12-26-16-8-2-13(10-22)3-9-16/h2-10H,11-12H2,1H3,(H,20,25)(H,21,23). The minimum atomic E-state index is -0.709. The lowest BCUT2D eigenvalue weighted by Crippen LogP contribution is -2.23. The van der Waals surface area contributed by atoms with Gasteiger partial charge < -0.3 is 20.1 Å². The highest BCUT2D eigenvalue weighted by Crippen LogP contribution is 2.11. The molecule has 0 fully saturated rings. The normalized spacial score (nSPS) is 9.81. The average Bonchev–Trinajstić information content (AvgIpc) is 2.71. The molecule has 0 aromatic heterocycles. The SMILES string of the molecule is CNC(=O)c1ccc(NC(=O)COC(=O)COc2ccc(C=O)cc2)cc1. The summed E-state index contributed by atoms with van der Waals surface area (Å²) in [6.07, 6.45) is 0.697. The molecular formula is C19H18N2O6. The fourth-order valence-electron chi connectivity index (χ4n) is 2.02. The number of amides is 2. The predicted molar refractivity (Wildman–Crippen MR) is 96.7 cm³/mol. The van der Waals surface area contributed by atoms with Crippen LogP contribution < -0.4 is 15.4 Å². The first-order valence-corrected chi connectivity index (χ1v) is 7.97. The zero-order valence-electron chi connectivity index (χ0n) is 14.6. The number of aldehydes is 1. The second kappa shape index (κ2) is 9.71. The summed E-state index contributed by atoms with van der Waals surface area (Å²) in [4.78, 5) is 45.4. The molecule has 0 radical (unpaired) electrons. The largest absolute Gasteiger partial charge is 0.482 e. The maximum atomic E-state index is 11.8. The Morgan fingerprint density at radius 2 is 1.63 bits per heavy atom. The molecule has 0 bridgehead atoms. The van der Waals surface area contributed by atoms with Crippen LogP contribution >= 0.6 is 0 Å². The van der Waals surface area contributed by atoms with Crippen LogP contribution in [0.1, 0.15) is 20.7 Å². The van der Waals surface area contributed by atoms with Crippen LogP contribution in [-0.2, 0) is 14.3 Å². The molecule has 0 saturated heterocycles. The van der Waals surface area contributed by atoms with E-state index in [-0.39, 0.29) is 12.5 Å². The molecule has 27 heavy (non-hydrogen) atoms. The quantitative estimate of drug-likeness (QED) is 0.537. The Labute approximate surface area is 155 Å². The fourth-order valence-corrected chi connectivity index (χ4v) is 2.02. The molecule has 2 N–H and O–H groups in total. The summed E-state index contributed by atoms with van der Waals surface area (Å²) in [6.45, 7) is -0.835. The van der Waals surface area contributed by atoms with E-state index < -0.39 is 18.5 Å². The molecule has 0 aliphatic rings. The number of benzene rings is 2. The molecule has 0 heterocycles. The summed E-state index contributed by atoms with van der Waals surface area (Å²) in [7, 11) is 1.52. The molecule has 2 amide bonds. The second-order valence-electron chi connectivity index (χ2n) is 5.34. The van der Waals surface area contributed by atoms with Crippen molar-refractivity contribution in [1.82, 2.24) is 5.32 Å². The average molecular weight is 370 g/mol. The number of hydrogen-bond acceptors (Lipinski definition) is 6. The van der Waals surface area contributed by atoms with E-state index in [1.54, 1.807) is 48.5 Å². The van der Waals surface area contributed by atoms with Gasteiger partial charge in [0.25, 0.3) is 11.8 Å². The Balaban J connectivity index is 1.73. The summed E-state index contributed by atoms with van der Waals surface area (Å²) in [5.74, 6) is -1.06. The predicted octanol–water partition coefficient (Wildman–Crippen LogP) is 1.42. The smallest absolute Gasteiger partial charge is 0.344 e. The molecular weight excluding hydrogens is 352 g/mol. The fraction of sp³-hybridized carbons (Fsp3) is 0.158. The first-order valence-electron chi connectivity index (χ1n) is 7.97. The van der Waals surface area contributed by atoms with Crippen LogP contribution in [0.4, 0.5) is 5.69 Å². The Hall–Kier alpha value is -3.68. The molecule has 2 rings (SSSR count). The van der Waals surface area contributed by atoms with Gasteiger partial charge in [0, 0.05) is 23.9 Å². The van der Waals surface area contributed by atoms with Gasteiger partial charge in [-0.3, -0.25) is 14.4 Å². The van der Waals surface area contributed by atoms with Crippen molar-refractivity contribution in [3.05, 3.63) is 59.7 Å². The van der Waals surface area contributed by atoms with E-state index in [1.807, 2.05) is 0 Å². The van der Waals surface area contributed by atoms with Crippen LogP contribution in [0.25, 0.3) is 0 Å². The van der Waals surface area contributed by atoms with Gasteiger partial charge in [0.1, 0.15) is 12.0 Å². The lowest BCUT2D eigenvalue weighted by atomic mass is 10.2. The van der Waals surface area contributed by atoms with Gasteiger partial charge in [-0.1, -0.05) is 0 Å². The van der Waals surface area contributed by atoms with E-state index in [9.17, 15) is 19.2 Å². The van der Waals surface area contributed by atoms with Crippen LogP contribution in [0.5, 0.6) is 5.75 Å². The molecule has 8 nitrogen and oxygen atoms in total. The zero-order chi connectivity index (χ0) is 19.6. The van der Waals surface area contributed by atoms with E-state index in [2.05, 4.69) is 10.6 Å². The van der Waals surface area contributed by atoms with Crippen LogP contribution in [0, 0.1) is 0 Å². The molecule has 0 unspecified atom stereocenters. The Bertz CT molecular complexity index is 815. The number of ether oxygens (including phenoxy) is 2. The number of hydrogen-bond donors (Lipinski definition) is 2. The Kier molecular flexibility index (Phi) is 7.07. The molecule has 0 aliphatic heterocycles. The highest BCUT2D eigenvalue weighted by atomic mass is 16.6. The zero-order valence-corrected chi connectivity index (χ0v) is 14.6. The monoisotopic (exact) mass is 370 g/mol. The van der Waals surface area contributed by atoms with E-state index in [1.165, 1.54) is 7.05 Å². The summed E-state index contributed by atoms with van der Waals surface area (Å²) >= 11 is 0. The molecule has 140 valence electrons. The van der Waals surface area contributed by atoms with E-state index in [0.29, 0.717) is 28.8 Å². The van der Waals surface area contributed by atoms with Crippen molar-refractivity contribution >= 4 is 29.8 Å². The maximum absolute atomic E-state index is 11.8. The minimum absolute atomic E-state index is 0.234. The van der Waals surface area contributed by atoms with Gasteiger partial charge >= 0.3 is 5.97 Å². The van der Waals surface area contributed by atoms with Crippen molar-refractivity contribution in [3.63, 3.8) is 0 Å². The lowest BCUT2D eigenvalue weighted by molar-refractivity contribution is -0.149. The first kappa shape index (κ1) is 19.6. The summed E-state index contributed by atoms with van der Waals surface area (Å²) in [5.41, 5.74) is 1.42. The molecule has 0 spiro atoms. The van der Waals surface area contributed by atoms with Crippen LogP contribution in [0.15, 0.2) is 48.5 Å². The highest BCUT2D eigenvalue weighted by Gasteiger charge is 2.10. The third-order valence-corrected chi connectivity index (χ3v) is 3.40. The van der Waals surface area contributed by atoms with E-state index >= 15 is 0 Å². The number of anilines is 1. The van der Waals surface area contributed by atoms with Crippen molar-refractivity contribution in [3.8, 4) is 5.75 Å². The number of esters is 1. The van der Waals surface area contributed by atoms with Crippen molar-refractivity contribution in [2.24, 2.45) is 0 Å². The highest BCUT2D eigenvalue weighted by molar-refractivity contribution is 5.96. The van der Waals surface area contributed by atoms with Crippen LogP contribution in [0.2, 0.25) is 0 Å². The van der Waals surface area contributed by atoms with Crippen LogP contribution in [0.3, 0.4) is 0 Å². The van der Waals surface area contributed by atoms with Crippen LogP contribution in [-0.4, -0.2) is 44.3 Å². The van der Waals surface area contributed by atoms with Gasteiger partial charge in [0.05, 0.1) is 0 Å². The number of rotatable bonds is 8. The van der Waals surface area contributed by atoms with Gasteiger partial charge in [-0.25, -0.2) is 4.79 Å². The molecule has 0 aliphatic carbocycles. The Morgan fingerprint density at radius 3 is 2.22 bits per heavy atom. The van der Waals surface area contributed by atoms with Crippen molar-refractivity contribution in [1.29, 1.82) is 0 Å². The molecule has 2 aromatic carbocycles. The topological polar surface area (TPSA) is 111 Å². The van der Waals surface area contributed by atoms with Gasteiger partial charge in [0.15, 0.2) is 13.2 Å². The first-order chi connectivity index (χ1) is 13.0. The van der Waals surface area contributed by atoms with Crippen molar-refractivity contribution in [2.45, 2.75) is 0 Å². The molecule has 0 atom stereocenters. The molecule has 2 aromatic rings. The molecule has 0 saturated carbocycles. The number of nitrogens with one attached hydrogen (secondary N) is 2. The maximum Gasteiger partial charge on any atom is 0.344 e. The summed E-state index contributed by atoms with van der Waals surface area (Å²) in [6, 6.07) is 12.5. The Morgan fingerprint density at radius 1 is 0.963 bits per heavy atom. The van der Waals surface area contributed by atoms with Gasteiger partial charge in [-0.2, -0.15) is 0 Å².